The van der Waals surface area contributed by atoms with E-state index in [0.717, 1.165) is 75.9 Å². The van der Waals surface area contributed by atoms with Crippen LogP contribution >= 0.6 is 24.0 Å². The molecule has 2 saturated heterocycles. The minimum Gasteiger partial charge on any atom is -0.376 e. The maximum atomic E-state index is 6.11. The number of ether oxygens (including phenoxy) is 2. The average Bonchev–Trinajstić information content (AvgIpc) is 3.03. The zero-order valence-electron chi connectivity index (χ0n) is 17.4. The number of guanidine groups is 1. The molecule has 0 bridgehead atoms. The van der Waals surface area contributed by atoms with Gasteiger partial charge >= 0.3 is 0 Å². The van der Waals surface area contributed by atoms with Crippen LogP contribution in [0.2, 0.25) is 0 Å². The lowest BCUT2D eigenvalue weighted by Gasteiger charge is -2.35. The van der Waals surface area contributed by atoms with Crippen molar-refractivity contribution in [3.05, 3.63) is 17.0 Å². The SMILES string of the molecule is CN=C(NCCc1c(C)noc1C)N1CCC(OCC2CCCCO2)CC1.I. The predicted molar refractivity (Wildman–Crippen MR) is 121 cm³/mol. The number of nitrogens with zero attached hydrogens (tertiary/aromatic N) is 3. The number of nitrogens with one attached hydrogen (secondary N) is 1. The molecule has 0 aliphatic carbocycles. The molecule has 28 heavy (non-hydrogen) atoms. The smallest absolute Gasteiger partial charge is 0.193 e. The van der Waals surface area contributed by atoms with E-state index in [0.29, 0.717) is 12.2 Å². The van der Waals surface area contributed by atoms with Gasteiger partial charge in [0, 0.05) is 38.9 Å². The lowest BCUT2D eigenvalue weighted by molar-refractivity contribution is -0.0721. The molecule has 8 heteroatoms. The van der Waals surface area contributed by atoms with Crippen molar-refractivity contribution in [2.24, 2.45) is 4.99 Å². The van der Waals surface area contributed by atoms with Gasteiger partial charge in [0.25, 0.3) is 0 Å². The molecule has 1 aromatic rings. The summed E-state index contributed by atoms with van der Waals surface area (Å²) in [5.74, 6) is 1.88. The van der Waals surface area contributed by atoms with Crippen LogP contribution in [-0.2, 0) is 15.9 Å². The maximum absolute atomic E-state index is 6.11. The number of rotatable bonds is 6. The topological polar surface area (TPSA) is 72.1 Å². The quantitative estimate of drug-likeness (QED) is 0.364. The average molecular weight is 506 g/mol. The van der Waals surface area contributed by atoms with E-state index < -0.39 is 0 Å². The Hall–Kier alpha value is -0.870. The Bertz CT molecular complexity index is 589. The summed E-state index contributed by atoms with van der Waals surface area (Å²) in [6, 6.07) is 0. The van der Waals surface area contributed by atoms with Gasteiger partial charge in [0.05, 0.1) is 24.5 Å². The summed E-state index contributed by atoms with van der Waals surface area (Å²) in [5.41, 5.74) is 2.17. The Morgan fingerprint density at radius 1 is 1.25 bits per heavy atom. The molecule has 0 aromatic carbocycles. The second-order valence-electron chi connectivity index (χ2n) is 7.54. The highest BCUT2D eigenvalue weighted by Gasteiger charge is 2.23. The first-order chi connectivity index (χ1) is 13.2. The predicted octanol–water partition coefficient (Wildman–Crippen LogP) is 3.08. The van der Waals surface area contributed by atoms with Gasteiger partial charge in [-0.1, -0.05) is 5.16 Å². The highest BCUT2D eigenvalue weighted by Crippen LogP contribution is 2.18. The van der Waals surface area contributed by atoms with Crippen molar-refractivity contribution < 1.29 is 14.0 Å². The number of hydrogen-bond acceptors (Lipinski definition) is 5. The van der Waals surface area contributed by atoms with Crippen molar-refractivity contribution in [1.29, 1.82) is 0 Å². The highest BCUT2D eigenvalue weighted by molar-refractivity contribution is 14.0. The van der Waals surface area contributed by atoms with E-state index in [2.05, 4.69) is 20.4 Å². The van der Waals surface area contributed by atoms with Gasteiger partial charge in [0.1, 0.15) is 5.76 Å². The molecule has 3 heterocycles. The van der Waals surface area contributed by atoms with Gasteiger partial charge in [-0.15, -0.1) is 24.0 Å². The van der Waals surface area contributed by atoms with E-state index >= 15 is 0 Å². The summed E-state index contributed by atoms with van der Waals surface area (Å²) in [6.07, 6.45) is 7.21. The van der Waals surface area contributed by atoms with E-state index in [1.165, 1.54) is 18.4 Å². The van der Waals surface area contributed by atoms with Crippen LogP contribution in [0.15, 0.2) is 9.52 Å². The van der Waals surface area contributed by atoms with Gasteiger partial charge in [-0.05, 0) is 52.4 Å². The van der Waals surface area contributed by atoms with E-state index in [1.807, 2.05) is 20.9 Å². The van der Waals surface area contributed by atoms with Crippen LogP contribution in [0, 0.1) is 13.8 Å². The zero-order chi connectivity index (χ0) is 19.1. The normalized spacial score (nSPS) is 21.5. The minimum absolute atomic E-state index is 0. The van der Waals surface area contributed by atoms with Crippen molar-refractivity contribution >= 4 is 29.9 Å². The second kappa shape index (κ2) is 12.0. The Balaban J connectivity index is 0.00000280. The molecule has 2 aliphatic rings. The number of aliphatic imine (C=N–C) groups is 1. The fourth-order valence-corrected chi connectivity index (χ4v) is 3.91. The summed E-state index contributed by atoms with van der Waals surface area (Å²) in [5, 5.41) is 7.49. The molecule has 3 rings (SSSR count). The van der Waals surface area contributed by atoms with Gasteiger partial charge in [-0.2, -0.15) is 0 Å². The van der Waals surface area contributed by atoms with Crippen molar-refractivity contribution in [2.75, 3.05) is 39.9 Å². The molecule has 0 spiro atoms. The fraction of sp³-hybridized carbons (Fsp3) is 0.800. The molecule has 1 atom stereocenters. The zero-order valence-corrected chi connectivity index (χ0v) is 19.7. The van der Waals surface area contributed by atoms with Crippen LogP contribution in [0.3, 0.4) is 0 Å². The molecular weight excluding hydrogens is 471 g/mol. The van der Waals surface area contributed by atoms with Crippen LogP contribution in [0.5, 0.6) is 0 Å². The first-order valence-electron chi connectivity index (χ1n) is 10.3. The summed E-state index contributed by atoms with van der Waals surface area (Å²) in [7, 11) is 1.85. The molecule has 2 fully saturated rings. The molecule has 1 N–H and O–H groups in total. The molecule has 1 aromatic heterocycles. The van der Waals surface area contributed by atoms with Crippen LogP contribution in [0.1, 0.15) is 49.1 Å². The molecular formula is C20H35IN4O3. The lowest BCUT2D eigenvalue weighted by atomic mass is 10.1. The van der Waals surface area contributed by atoms with E-state index in [4.69, 9.17) is 14.0 Å². The van der Waals surface area contributed by atoms with Gasteiger partial charge in [-0.25, -0.2) is 0 Å². The largest absolute Gasteiger partial charge is 0.376 e. The number of halogens is 1. The van der Waals surface area contributed by atoms with E-state index in [1.54, 1.807) is 0 Å². The highest BCUT2D eigenvalue weighted by atomic mass is 127. The van der Waals surface area contributed by atoms with Crippen molar-refractivity contribution in [1.82, 2.24) is 15.4 Å². The Kier molecular flexibility index (Phi) is 10.0. The van der Waals surface area contributed by atoms with Crippen molar-refractivity contribution in [2.45, 2.75) is 64.6 Å². The van der Waals surface area contributed by atoms with Crippen molar-refractivity contribution in [3.63, 3.8) is 0 Å². The Labute approximate surface area is 185 Å². The summed E-state index contributed by atoms with van der Waals surface area (Å²) >= 11 is 0. The van der Waals surface area contributed by atoms with E-state index in [9.17, 15) is 0 Å². The number of aromatic nitrogens is 1. The Morgan fingerprint density at radius 3 is 2.64 bits per heavy atom. The third-order valence-electron chi connectivity index (χ3n) is 5.58. The van der Waals surface area contributed by atoms with Gasteiger partial charge in [-0.3, -0.25) is 4.99 Å². The van der Waals surface area contributed by atoms with E-state index in [-0.39, 0.29) is 24.0 Å². The fourth-order valence-electron chi connectivity index (χ4n) is 3.91. The van der Waals surface area contributed by atoms with Gasteiger partial charge in [0.2, 0.25) is 0 Å². The van der Waals surface area contributed by atoms with Gasteiger partial charge in [0.15, 0.2) is 5.96 Å². The maximum Gasteiger partial charge on any atom is 0.193 e. The van der Waals surface area contributed by atoms with Crippen LogP contribution in [0.25, 0.3) is 0 Å². The molecule has 1 unspecified atom stereocenters. The molecule has 0 amide bonds. The third-order valence-corrected chi connectivity index (χ3v) is 5.58. The number of likely N-dealkylation sites (tertiary alicyclic amines) is 1. The van der Waals surface area contributed by atoms with Gasteiger partial charge < -0.3 is 24.2 Å². The Morgan fingerprint density at radius 2 is 2.04 bits per heavy atom. The van der Waals surface area contributed by atoms with Crippen LogP contribution in [0.4, 0.5) is 0 Å². The molecule has 7 nitrogen and oxygen atoms in total. The first-order valence-corrected chi connectivity index (χ1v) is 10.3. The minimum atomic E-state index is 0. The monoisotopic (exact) mass is 506 g/mol. The number of piperidine rings is 1. The number of hydrogen-bond donors (Lipinski definition) is 1. The molecule has 0 saturated carbocycles. The molecule has 0 radical (unpaired) electrons. The standard InChI is InChI=1S/C20H34N4O3.HI/c1-15-19(16(2)27-23-15)7-10-22-20(21-3)24-11-8-17(9-12-24)26-14-18-6-4-5-13-25-18;/h17-18H,4-14H2,1-3H3,(H,21,22);1H. The molecule has 2 aliphatic heterocycles. The number of aryl methyl sites for hydroxylation is 2. The summed E-state index contributed by atoms with van der Waals surface area (Å²) in [6.45, 7) is 8.36. The lowest BCUT2D eigenvalue weighted by Crippen LogP contribution is -2.47. The first kappa shape index (κ1) is 23.4. The second-order valence-corrected chi connectivity index (χ2v) is 7.54. The summed E-state index contributed by atoms with van der Waals surface area (Å²) < 4.78 is 17.1. The third kappa shape index (κ3) is 6.59. The van der Waals surface area contributed by atoms with Crippen LogP contribution in [-0.4, -0.2) is 68.1 Å². The van der Waals surface area contributed by atoms with Crippen molar-refractivity contribution in [3.8, 4) is 0 Å². The van der Waals surface area contributed by atoms with Crippen LogP contribution < -0.4 is 5.32 Å². The molecule has 160 valence electrons. The summed E-state index contributed by atoms with van der Waals surface area (Å²) in [4.78, 5) is 6.78.